The van der Waals surface area contributed by atoms with E-state index in [2.05, 4.69) is 33.0 Å². The predicted octanol–water partition coefficient (Wildman–Crippen LogP) is 1.42. The SMILES string of the molecule is CC(C)(C)N.CCNC(C)(C)C.CCO.O.[H+]. The molecule has 4 nitrogen and oxygen atoms in total. The molecular formula is C12H35N2O2+. The van der Waals surface area contributed by atoms with E-state index in [4.69, 9.17) is 10.8 Å². The zero-order valence-corrected chi connectivity index (χ0v) is 12.4. The van der Waals surface area contributed by atoms with Crippen LogP contribution in [0.3, 0.4) is 0 Å². The highest BCUT2D eigenvalue weighted by Crippen LogP contribution is 1.95. The molecule has 0 rings (SSSR count). The monoisotopic (exact) mass is 239 g/mol. The zero-order valence-electron chi connectivity index (χ0n) is 13.4. The maximum atomic E-state index is 7.57. The highest BCUT2D eigenvalue weighted by atomic mass is 16.2. The summed E-state index contributed by atoms with van der Waals surface area (Å²) in [4.78, 5) is 0. The summed E-state index contributed by atoms with van der Waals surface area (Å²) in [6.45, 7) is 17.5. The lowest BCUT2D eigenvalue weighted by Crippen LogP contribution is -2.35. The molecule has 0 aliphatic carbocycles. The van der Waals surface area contributed by atoms with Crippen LogP contribution in [0.15, 0.2) is 0 Å². The molecule has 0 aromatic rings. The van der Waals surface area contributed by atoms with Crippen LogP contribution in [0.1, 0.15) is 56.8 Å². The van der Waals surface area contributed by atoms with Crippen molar-refractivity contribution in [1.29, 1.82) is 0 Å². The fraction of sp³-hybridized carbons (Fsp3) is 1.00. The molecule has 0 aromatic carbocycles. The molecule has 0 saturated carbocycles. The van der Waals surface area contributed by atoms with Crippen molar-refractivity contribution in [3.63, 3.8) is 0 Å². The molecule has 4 heteroatoms. The number of nitrogens with one attached hydrogen (secondary N) is 1. The molecule has 0 bridgehead atoms. The van der Waals surface area contributed by atoms with Gasteiger partial charge in [-0.3, -0.25) is 0 Å². The minimum absolute atomic E-state index is 0. The summed E-state index contributed by atoms with van der Waals surface area (Å²) in [5.41, 5.74) is 5.65. The van der Waals surface area contributed by atoms with E-state index in [0.29, 0.717) is 5.54 Å². The minimum atomic E-state index is 0. The summed E-state index contributed by atoms with van der Waals surface area (Å²) < 4.78 is 0. The van der Waals surface area contributed by atoms with E-state index in [-0.39, 0.29) is 19.0 Å². The van der Waals surface area contributed by atoms with Crippen molar-refractivity contribution in [3.8, 4) is 0 Å². The minimum Gasteiger partial charge on any atom is -0.412 e. The third-order valence-electron chi connectivity index (χ3n) is 0.707. The van der Waals surface area contributed by atoms with Gasteiger partial charge in [0.15, 0.2) is 0 Å². The number of aliphatic hydroxyl groups is 1. The maximum Gasteiger partial charge on any atom is 1.00 e. The van der Waals surface area contributed by atoms with Crippen LogP contribution in [0.2, 0.25) is 0 Å². The third-order valence-corrected chi connectivity index (χ3v) is 0.707. The summed E-state index contributed by atoms with van der Waals surface area (Å²) in [5.74, 6) is 0. The van der Waals surface area contributed by atoms with E-state index >= 15 is 0 Å². The van der Waals surface area contributed by atoms with Crippen LogP contribution in [0.5, 0.6) is 0 Å². The first kappa shape index (κ1) is 24.9. The van der Waals surface area contributed by atoms with E-state index in [9.17, 15) is 0 Å². The van der Waals surface area contributed by atoms with Gasteiger partial charge in [-0.25, -0.2) is 0 Å². The van der Waals surface area contributed by atoms with Crippen molar-refractivity contribution in [2.75, 3.05) is 13.2 Å². The summed E-state index contributed by atoms with van der Waals surface area (Å²) >= 11 is 0. The number of nitrogens with two attached hydrogens (primary N) is 1. The summed E-state index contributed by atoms with van der Waals surface area (Å²) in [6, 6.07) is 0. The van der Waals surface area contributed by atoms with Crippen LogP contribution in [-0.4, -0.2) is 34.8 Å². The van der Waals surface area contributed by atoms with Gasteiger partial charge in [-0.2, -0.15) is 0 Å². The van der Waals surface area contributed by atoms with Gasteiger partial charge in [0.1, 0.15) is 0 Å². The van der Waals surface area contributed by atoms with Crippen LogP contribution in [-0.2, 0) is 0 Å². The molecule has 0 atom stereocenters. The highest BCUT2D eigenvalue weighted by Gasteiger charge is 2.04. The van der Waals surface area contributed by atoms with Crippen LogP contribution >= 0.6 is 0 Å². The fourth-order valence-electron chi connectivity index (χ4n) is 0.530. The lowest BCUT2D eigenvalue weighted by atomic mass is 10.1. The molecule has 6 N–H and O–H groups in total. The van der Waals surface area contributed by atoms with Gasteiger partial charge in [0, 0.05) is 17.7 Å². The number of hydrogen-bond donors (Lipinski definition) is 3. The molecule has 0 fully saturated rings. The third kappa shape index (κ3) is 155. The van der Waals surface area contributed by atoms with Crippen molar-refractivity contribution < 1.29 is 12.0 Å². The smallest absolute Gasteiger partial charge is 0.412 e. The van der Waals surface area contributed by atoms with E-state index in [1.807, 2.05) is 20.8 Å². The normalized spacial score (nSPS) is 10.1. The molecule has 0 heterocycles. The summed E-state index contributed by atoms with van der Waals surface area (Å²) in [6.07, 6.45) is 0. The first-order valence-electron chi connectivity index (χ1n) is 5.62. The van der Waals surface area contributed by atoms with Gasteiger partial charge in [-0.15, -0.1) is 0 Å². The standard InChI is InChI=1S/C6H15N.C4H11N.C2H6O.H2O/c1-5-7-6(2,3)4;1-4(2,3)5;1-2-3;/h7H,5H2,1-4H3;5H2,1-3H3;3H,2H2,1H3;1H2/p+1. The molecule has 0 unspecified atom stereocenters. The molecule has 0 aliphatic heterocycles. The van der Waals surface area contributed by atoms with Gasteiger partial charge >= 0.3 is 1.43 Å². The topological polar surface area (TPSA) is 89.8 Å². The molecule has 0 spiro atoms. The van der Waals surface area contributed by atoms with Crippen LogP contribution in [0, 0.1) is 0 Å². The Kier molecular flexibility index (Phi) is 20.1. The maximum absolute atomic E-state index is 7.57. The molecular weight excluding hydrogens is 204 g/mol. The van der Waals surface area contributed by atoms with Crippen LogP contribution in [0.25, 0.3) is 0 Å². The molecule has 0 radical (unpaired) electrons. The predicted molar refractivity (Wildman–Crippen MR) is 74.9 cm³/mol. The van der Waals surface area contributed by atoms with E-state index in [1.165, 1.54) is 0 Å². The summed E-state index contributed by atoms with van der Waals surface area (Å²) in [7, 11) is 0. The molecule has 16 heavy (non-hydrogen) atoms. The fourth-order valence-corrected chi connectivity index (χ4v) is 0.530. The quantitative estimate of drug-likeness (QED) is 0.646. The first-order chi connectivity index (χ1) is 6.47. The lowest BCUT2D eigenvalue weighted by molar-refractivity contribution is 0.318. The average Bonchev–Trinajstić information content (AvgIpc) is 1.80. The summed E-state index contributed by atoms with van der Waals surface area (Å²) in [5, 5.41) is 10.9. The number of rotatable bonds is 1. The Bertz CT molecular complexity index is 115. The van der Waals surface area contributed by atoms with Crippen molar-refractivity contribution >= 4 is 0 Å². The van der Waals surface area contributed by atoms with Gasteiger partial charge < -0.3 is 21.6 Å². The highest BCUT2D eigenvalue weighted by molar-refractivity contribution is 4.67. The lowest BCUT2D eigenvalue weighted by Gasteiger charge is -2.18. The molecule has 0 amide bonds. The second-order valence-corrected chi connectivity index (χ2v) is 5.46. The van der Waals surface area contributed by atoms with Gasteiger partial charge in [0.25, 0.3) is 0 Å². The van der Waals surface area contributed by atoms with Gasteiger partial charge in [-0.1, -0.05) is 6.92 Å². The largest absolute Gasteiger partial charge is 1.00 e. The van der Waals surface area contributed by atoms with Gasteiger partial charge in [0.05, 0.1) is 0 Å². The molecule has 0 saturated heterocycles. The van der Waals surface area contributed by atoms with Gasteiger partial charge in [-0.05, 0) is 55.0 Å². The second-order valence-electron chi connectivity index (χ2n) is 5.46. The Hall–Kier alpha value is -0.160. The van der Waals surface area contributed by atoms with Crippen molar-refractivity contribution in [2.24, 2.45) is 5.73 Å². The van der Waals surface area contributed by atoms with E-state index < -0.39 is 0 Å². The second kappa shape index (κ2) is 12.9. The molecule has 104 valence electrons. The first-order valence-corrected chi connectivity index (χ1v) is 5.62. The van der Waals surface area contributed by atoms with E-state index in [1.54, 1.807) is 6.92 Å². The van der Waals surface area contributed by atoms with E-state index in [0.717, 1.165) is 6.54 Å². The van der Waals surface area contributed by atoms with Crippen molar-refractivity contribution in [2.45, 2.75) is 66.5 Å². The van der Waals surface area contributed by atoms with Crippen molar-refractivity contribution in [3.05, 3.63) is 0 Å². The Balaban J connectivity index is -0.0000000430. The molecule has 0 aliphatic rings. The number of aliphatic hydroxyl groups excluding tert-OH is 1. The Labute approximate surface area is 103 Å². The Morgan fingerprint density at radius 2 is 1.25 bits per heavy atom. The number of hydrogen-bond acceptors (Lipinski definition) is 3. The molecule has 0 aromatic heterocycles. The van der Waals surface area contributed by atoms with Gasteiger partial charge in [0.2, 0.25) is 0 Å². The van der Waals surface area contributed by atoms with Crippen molar-refractivity contribution in [1.82, 2.24) is 5.32 Å². The zero-order chi connectivity index (χ0) is 13.1. The van der Waals surface area contributed by atoms with Crippen LogP contribution in [0.4, 0.5) is 0 Å². The Morgan fingerprint density at radius 3 is 1.25 bits per heavy atom. The Morgan fingerprint density at radius 1 is 1.06 bits per heavy atom. The van der Waals surface area contributed by atoms with Crippen LogP contribution < -0.4 is 11.1 Å². The average molecular weight is 239 g/mol.